The molecule has 0 unspecified atom stereocenters. The Hall–Kier alpha value is -1.13. The van der Waals surface area contributed by atoms with Crippen molar-refractivity contribution in [3.05, 3.63) is 47.0 Å². The number of benzene rings is 1. The maximum Gasteiger partial charge on any atom is 0.0994 e. The third-order valence-electron chi connectivity index (χ3n) is 2.03. The molecule has 14 heavy (non-hydrogen) atoms. The molecule has 0 aliphatic carbocycles. The van der Waals surface area contributed by atoms with Crippen molar-refractivity contribution in [2.75, 3.05) is 0 Å². The van der Waals surface area contributed by atoms with Gasteiger partial charge in [-0.25, -0.2) is 4.98 Å². The lowest BCUT2D eigenvalue weighted by atomic mass is 10.3. The summed E-state index contributed by atoms with van der Waals surface area (Å²) in [4.78, 5) is 4.06. The van der Waals surface area contributed by atoms with Gasteiger partial charge in [0.05, 0.1) is 12.0 Å². The van der Waals surface area contributed by atoms with E-state index in [-0.39, 0.29) is 0 Å². The van der Waals surface area contributed by atoms with Gasteiger partial charge in [-0.3, -0.25) is 0 Å². The van der Waals surface area contributed by atoms with Gasteiger partial charge >= 0.3 is 0 Å². The van der Waals surface area contributed by atoms with E-state index in [9.17, 15) is 0 Å². The van der Waals surface area contributed by atoms with Crippen LogP contribution in [0.25, 0.3) is 5.69 Å². The highest BCUT2D eigenvalue weighted by atomic mass is 79.9. The molecule has 0 saturated carbocycles. The van der Waals surface area contributed by atoms with E-state index in [0.717, 1.165) is 15.9 Å². The van der Waals surface area contributed by atoms with Gasteiger partial charge in [-0.2, -0.15) is 0 Å². The summed E-state index contributed by atoms with van der Waals surface area (Å²) in [6.45, 7) is 0.496. The fraction of sp³-hybridized carbons (Fsp3) is 0.100. The smallest absolute Gasteiger partial charge is 0.0994 e. The topological polar surface area (TPSA) is 43.8 Å². The van der Waals surface area contributed by atoms with E-state index < -0.39 is 0 Å². The van der Waals surface area contributed by atoms with E-state index in [4.69, 9.17) is 5.73 Å². The highest BCUT2D eigenvalue weighted by Gasteiger charge is 2.01. The lowest BCUT2D eigenvalue weighted by molar-refractivity contribution is 0.910. The van der Waals surface area contributed by atoms with Gasteiger partial charge in [-0.15, -0.1) is 0 Å². The van der Waals surface area contributed by atoms with Gasteiger partial charge in [-0.1, -0.05) is 15.9 Å². The van der Waals surface area contributed by atoms with Crippen LogP contribution in [-0.2, 0) is 6.54 Å². The van der Waals surface area contributed by atoms with Gasteiger partial charge in [0.15, 0.2) is 0 Å². The number of aromatic nitrogens is 2. The molecule has 0 bridgehead atoms. The summed E-state index contributed by atoms with van der Waals surface area (Å²) >= 11 is 3.39. The molecule has 1 aromatic heterocycles. The molecule has 1 aromatic carbocycles. The lowest BCUT2D eigenvalue weighted by Gasteiger charge is -2.05. The number of hydrogen-bond acceptors (Lipinski definition) is 2. The van der Waals surface area contributed by atoms with E-state index in [0.29, 0.717) is 6.54 Å². The number of nitrogens with two attached hydrogens (primary N) is 1. The third-order valence-corrected chi connectivity index (χ3v) is 2.56. The van der Waals surface area contributed by atoms with E-state index in [1.165, 1.54) is 0 Å². The third kappa shape index (κ3) is 1.71. The Labute approximate surface area is 90.7 Å². The summed E-state index contributed by atoms with van der Waals surface area (Å²) in [5.74, 6) is 0. The summed E-state index contributed by atoms with van der Waals surface area (Å²) in [7, 11) is 0. The van der Waals surface area contributed by atoms with Crippen LogP contribution in [0.4, 0.5) is 0 Å². The van der Waals surface area contributed by atoms with Crippen LogP contribution in [0.1, 0.15) is 5.69 Å². The maximum atomic E-state index is 5.59. The molecular weight excluding hydrogens is 242 g/mol. The molecule has 2 rings (SSSR count). The molecule has 72 valence electrons. The average molecular weight is 252 g/mol. The molecule has 2 aromatic rings. The van der Waals surface area contributed by atoms with Crippen molar-refractivity contribution in [1.82, 2.24) is 9.55 Å². The van der Waals surface area contributed by atoms with Gasteiger partial charge in [-0.05, 0) is 24.3 Å². The molecule has 0 fully saturated rings. The lowest BCUT2D eigenvalue weighted by Crippen LogP contribution is -2.04. The molecule has 4 heteroatoms. The monoisotopic (exact) mass is 251 g/mol. The fourth-order valence-electron chi connectivity index (χ4n) is 1.31. The molecule has 0 radical (unpaired) electrons. The summed E-state index contributed by atoms with van der Waals surface area (Å²) in [6, 6.07) is 8.03. The minimum Gasteiger partial charge on any atom is -0.325 e. The number of hydrogen-bond donors (Lipinski definition) is 1. The molecule has 0 aliphatic rings. The Kier molecular flexibility index (Phi) is 2.65. The molecule has 0 saturated heterocycles. The molecule has 1 heterocycles. The zero-order chi connectivity index (χ0) is 9.97. The van der Waals surface area contributed by atoms with E-state index in [1.807, 2.05) is 28.8 Å². The summed E-state index contributed by atoms with van der Waals surface area (Å²) in [5, 5.41) is 0. The Morgan fingerprint density at radius 2 is 2.00 bits per heavy atom. The van der Waals surface area contributed by atoms with Gasteiger partial charge in [0.2, 0.25) is 0 Å². The second kappa shape index (κ2) is 3.94. The molecule has 0 aliphatic heterocycles. The average Bonchev–Trinajstić information content (AvgIpc) is 2.67. The van der Waals surface area contributed by atoms with E-state index in [1.54, 1.807) is 12.5 Å². The predicted octanol–water partition coefficient (Wildman–Crippen LogP) is 2.09. The summed E-state index contributed by atoms with van der Waals surface area (Å²) in [6.07, 6.45) is 3.55. The van der Waals surface area contributed by atoms with E-state index >= 15 is 0 Å². The standard InChI is InChI=1S/C10H10BrN3/c11-8-1-3-9(4-2-8)14-7-13-6-10(14)5-12/h1-4,6-7H,5,12H2. The Morgan fingerprint density at radius 3 is 2.64 bits per heavy atom. The molecular formula is C10H10BrN3. The largest absolute Gasteiger partial charge is 0.325 e. The predicted molar refractivity (Wildman–Crippen MR) is 59.2 cm³/mol. The van der Waals surface area contributed by atoms with Crippen molar-refractivity contribution in [2.24, 2.45) is 5.73 Å². The van der Waals surface area contributed by atoms with E-state index in [2.05, 4.69) is 20.9 Å². The first-order valence-electron chi connectivity index (χ1n) is 4.28. The highest BCUT2D eigenvalue weighted by Crippen LogP contribution is 2.15. The van der Waals surface area contributed by atoms with Crippen LogP contribution in [0, 0.1) is 0 Å². The Bertz CT molecular complexity index is 419. The minimum atomic E-state index is 0.496. The van der Waals surface area contributed by atoms with Crippen molar-refractivity contribution in [3.8, 4) is 5.69 Å². The van der Waals surface area contributed by atoms with Crippen molar-refractivity contribution >= 4 is 15.9 Å². The molecule has 0 amide bonds. The Balaban J connectivity index is 2.44. The number of imidazole rings is 1. The van der Waals surface area contributed by atoms with Crippen molar-refractivity contribution in [2.45, 2.75) is 6.54 Å². The van der Waals surface area contributed by atoms with Gasteiger partial charge < -0.3 is 10.3 Å². The summed E-state index contributed by atoms with van der Waals surface area (Å²) in [5.41, 5.74) is 7.67. The quantitative estimate of drug-likeness (QED) is 0.889. The van der Waals surface area contributed by atoms with Gasteiger partial charge in [0.1, 0.15) is 0 Å². The zero-order valence-electron chi connectivity index (χ0n) is 7.52. The molecule has 2 N–H and O–H groups in total. The number of rotatable bonds is 2. The van der Waals surface area contributed by atoms with Gasteiger partial charge in [0.25, 0.3) is 0 Å². The fourth-order valence-corrected chi connectivity index (χ4v) is 1.57. The SMILES string of the molecule is NCc1cncn1-c1ccc(Br)cc1. The van der Waals surface area contributed by atoms with Crippen LogP contribution >= 0.6 is 15.9 Å². The number of nitrogens with zero attached hydrogens (tertiary/aromatic N) is 2. The highest BCUT2D eigenvalue weighted by molar-refractivity contribution is 9.10. The van der Waals surface area contributed by atoms with Crippen LogP contribution in [-0.4, -0.2) is 9.55 Å². The van der Waals surface area contributed by atoms with Crippen LogP contribution in [0.3, 0.4) is 0 Å². The van der Waals surface area contributed by atoms with Crippen molar-refractivity contribution in [1.29, 1.82) is 0 Å². The first-order valence-corrected chi connectivity index (χ1v) is 5.08. The zero-order valence-corrected chi connectivity index (χ0v) is 9.11. The van der Waals surface area contributed by atoms with Crippen LogP contribution in [0.5, 0.6) is 0 Å². The van der Waals surface area contributed by atoms with Crippen molar-refractivity contribution < 1.29 is 0 Å². The second-order valence-electron chi connectivity index (χ2n) is 2.94. The normalized spacial score (nSPS) is 10.4. The first-order chi connectivity index (χ1) is 6.81. The number of halogens is 1. The van der Waals surface area contributed by atoms with Crippen LogP contribution in [0.15, 0.2) is 41.3 Å². The van der Waals surface area contributed by atoms with Crippen molar-refractivity contribution in [3.63, 3.8) is 0 Å². The van der Waals surface area contributed by atoms with Crippen LogP contribution in [0.2, 0.25) is 0 Å². The van der Waals surface area contributed by atoms with Crippen LogP contribution < -0.4 is 5.73 Å². The molecule has 0 atom stereocenters. The maximum absolute atomic E-state index is 5.59. The molecule has 3 nitrogen and oxygen atoms in total. The molecule has 0 spiro atoms. The summed E-state index contributed by atoms with van der Waals surface area (Å²) < 4.78 is 3.04. The first kappa shape index (κ1) is 9.43. The Morgan fingerprint density at radius 1 is 1.29 bits per heavy atom. The second-order valence-corrected chi connectivity index (χ2v) is 3.85. The minimum absolute atomic E-state index is 0.496. The van der Waals surface area contributed by atoms with Gasteiger partial charge in [0, 0.05) is 22.9 Å².